The van der Waals surface area contributed by atoms with Crippen LogP contribution in [0.3, 0.4) is 0 Å². The number of carbonyl (C=O) groups is 6. The van der Waals surface area contributed by atoms with E-state index in [0.717, 1.165) is 13.8 Å². The largest absolute Gasteiger partial charge is 0.460 e. The van der Waals surface area contributed by atoms with Gasteiger partial charge in [0.15, 0.2) is 23.6 Å². The summed E-state index contributed by atoms with van der Waals surface area (Å²) in [4.78, 5) is 83.6. The molecule has 1 heterocycles. The molecule has 7 rings (SSSR count). The Morgan fingerprint density at radius 2 is 1.40 bits per heavy atom. The third-order valence-electron chi connectivity index (χ3n) is 14.0. The van der Waals surface area contributed by atoms with Crippen molar-refractivity contribution < 1.29 is 67.8 Å². The number of aliphatic hydroxyl groups is 3. The summed E-state index contributed by atoms with van der Waals surface area (Å²) >= 11 is 0. The molecule has 0 aromatic heterocycles. The van der Waals surface area contributed by atoms with E-state index in [1.165, 1.54) is 19.1 Å². The summed E-state index contributed by atoms with van der Waals surface area (Å²) in [6, 6.07) is 23.1. The number of rotatable bonds is 10. The predicted molar refractivity (Wildman–Crippen MR) is 218 cm³/mol. The van der Waals surface area contributed by atoms with Gasteiger partial charge in [0.05, 0.1) is 35.6 Å². The fraction of sp³-hybridized carbons (Fsp3) is 0.489. The summed E-state index contributed by atoms with van der Waals surface area (Å²) in [5.41, 5.74) is -6.93. The highest BCUT2D eigenvalue weighted by Crippen LogP contribution is 2.65. The zero-order valence-electron chi connectivity index (χ0n) is 35.4. The van der Waals surface area contributed by atoms with Crippen LogP contribution in [0.4, 0.5) is 0 Å². The molecule has 1 aliphatic heterocycles. The lowest BCUT2D eigenvalue weighted by molar-refractivity contribution is -0.355. The number of ketones is 1. The van der Waals surface area contributed by atoms with Gasteiger partial charge in [-0.3, -0.25) is 19.2 Å². The first-order valence-corrected chi connectivity index (χ1v) is 20.8. The minimum atomic E-state index is -2.33. The van der Waals surface area contributed by atoms with Crippen molar-refractivity contribution in [3.05, 3.63) is 108 Å². The molecule has 0 spiro atoms. The van der Waals surface area contributed by atoms with Crippen molar-refractivity contribution in [2.75, 3.05) is 6.61 Å². The Hall–Kier alpha value is -5.48. The maximum absolute atomic E-state index is 15.5. The molecule has 3 saturated carbocycles. The minimum absolute atomic E-state index is 0.0809. The Morgan fingerprint density at radius 3 is 1.95 bits per heavy atom. The van der Waals surface area contributed by atoms with E-state index in [9.17, 15) is 39.3 Å². The standard InChI is InChI=1S/C47H53NO14/c1-25-31(60-43(56)36(52)35(28-16-10-7-11-17-28)48-41(54)29-18-12-8-13-19-29)23-47(57)40(61-42(55)30-20-14-9-15-21-30)38-45(6,32(51)22-33-46(38,24-58-33)62-27(3)50)39(53)37(59-26(2)49)34(25)44(47,4)5/h7-21,25,31-38,40,51-52,57H,22-24H2,1-6H3,(H,48,54)/t25?,31-,32-,33+,34?,35-,36+,37+,38?,40-,45+,46-,47+/m0/s1. The van der Waals surface area contributed by atoms with Crippen molar-refractivity contribution >= 4 is 35.6 Å². The number of ether oxygens (including phenoxy) is 5. The van der Waals surface area contributed by atoms with Crippen molar-refractivity contribution in [1.82, 2.24) is 5.32 Å². The molecular weight excluding hydrogens is 803 g/mol. The fourth-order valence-electron chi connectivity index (χ4n) is 10.8. The molecule has 13 atom stereocenters. The summed E-state index contributed by atoms with van der Waals surface area (Å²) in [6.45, 7) is 8.28. The molecule has 4 fully saturated rings. The highest BCUT2D eigenvalue weighted by atomic mass is 16.6. The molecule has 0 radical (unpaired) electrons. The normalized spacial score (nSPS) is 34.2. The summed E-state index contributed by atoms with van der Waals surface area (Å²) in [7, 11) is 0. The van der Waals surface area contributed by atoms with E-state index >= 15 is 4.79 Å². The van der Waals surface area contributed by atoms with Crippen LogP contribution < -0.4 is 5.32 Å². The van der Waals surface area contributed by atoms with Crippen molar-refractivity contribution in [3.63, 3.8) is 0 Å². The fourth-order valence-corrected chi connectivity index (χ4v) is 10.8. The topological polar surface area (TPSA) is 221 Å². The molecule has 1 amide bonds. The predicted octanol–water partition coefficient (Wildman–Crippen LogP) is 3.67. The average molecular weight is 856 g/mol. The number of esters is 4. The second-order valence-electron chi connectivity index (χ2n) is 17.8. The monoisotopic (exact) mass is 855 g/mol. The maximum Gasteiger partial charge on any atom is 0.338 e. The van der Waals surface area contributed by atoms with Gasteiger partial charge in [-0.1, -0.05) is 87.5 Å². The maximum atomic E-state index is 15.5. The first-order valence-electron chi connectivity index (χ1n) is 20.8. The van der Waals surface area contributed by atoms with Gasteiger partial charge in [0.25, 0.3) is 5.91 Å². The highest BCUT2D eigenvalue weighted by molar-refractivity contribution is 5.95. The van der Waals surface area contributed by atoms with Crippen molar-refractivity contribution in [1.29, 1.82) is 0 Å². The van der Waals surface area contributed by atoms with Gasteiger partial charge >= 0.3 is 23.9 Å². The number of benzene rings is 3. The Morgan fingerprint density at radius 1 is 0.823 bits per heavy atom. The van der Waals surface area contributed by atoms with Gasteiger partial charge in [0.1, 0.15) is 23.9 Å². The SMILES string of the molecule is CC(=O)O[C@H]1C(=O)[C@@]2(C)C([C@H](OC(=O)c3ccccc3)[C@]3(O)C[C@H](OC(=O)[C@H](O)[C@@H](NC(=O)c4ccccc4)c4ccccc4)C(C)C1C3(C)C)[C@]1(OC(C)=O)CO[C@@H]1C[C@@H]2O. The number of hydrogen-bond acceptors (Lipinski definition) is 14. The lowest BCUT2D eigenvalue weighted by Gasteiger charge is -2.69. The first kappa shape index (κ1) is 44.6. The van der Waals surface area contributed by atoms with Gasteiger partial charge in [-0.2, -0.15) is 0 Å². The third kappa shape index (κ3) is 7.37. The number of hydrogen-bond donors (Lipinski definition) is 4. The zero-order chi connectivity index (χ0) is 44.9. The van der Waals surface area contributed by atoms with Gasteiger partial charge < -0.3 is 44.3 Å². The molecule has 2 bridgehead atoms. The van der Waals surface area contributed by atoms with Crippen LogP contribution in [-0.4, -0.2) is 105 Å². The van der Waals surface area contributed by atoms with Crippen LogP contribution in [0.15, 0.2) is 91.0 Å². The molecular formula is C47H53NO14. The second kappa shape index (κ2) is 16.7. The van der Waals surface area contributed by atoms with Gasteiger partial charge in [-0.25, -0.2) is 9.59 Å². The molecule has 3 aromatic rings. The van der Waals surface area contributed by atoms with Crippen LogP contribution in [0.1, 0.15) is 86.7 Å². The molecule has 15 nitrogen and oxygen atoms in total. The van der Waals surface area contributed by atoms with E-state index in [1.54, 1.807) is 99.6 Å². The van der Waals surface area contributed by atoms with Crippen molar-refractivity contribution in [2.24, 2.45) is 28.6 Å². The molecule has 3 aromatic carbocycles. The summed E-state index contributed by atoms with van der Waals surface area (Å²) in [6.07, 6.45) is -10.1. The minimum Gasteiger partial charge on any atom is -0.460 e. The average Bonchev–Trinajstić information content (AvgIpc) is 3.24. The van der Waals surface area contributed by atoms with Gasteiger partial charge in [0.2, 0.25) is 0 Å². The lowest BCUT2D eigenvalue weighted by atomic mass is 9.42. The van der Waals surface area contributed by atoms with Crippen molar-refractivity contribution in [2.45, 2.75) is 108 Å². The molecule has 15 heteroatoms. The highest BCUT2D eigenvalue weighted by Gasteiger charge is 2.79. The number of amides is 1. The van der Waals surface area contributed by atoms with Crippen molar-refractivity contribution in [3.8, 4) is 0 Å². The van der Waals surface area contributed by atoms with E-state index < -0.39 is 124 Å². The van der Waals surface area contributed by atoms with E-state index in [4.69, 9.17) is 23.7 Å². The molecule has 3 aliphatic carbocycles. The molecule has 62 heavy (non-hydrogen) atoms. The van der Waals surface area contributed by atoms with Gasteiger partial charge in [-0.05, 0) is 36.8 Å². The summed E-state index contributed by atoms with van der Waals surface area (Å²) < 4.78 is 30.4. The van der Waals surface area contributed by atoms with Crippen LogP contribution in [0.2, 0.25) is 0 Å². The van der Waals surface area contributed by atoms with Crippen LogP contribution in [-0.2, 0) is 42.9 Å². The number of nitrogens with one attached hydrogen (secondary N) is 1. The number of fused-ring (bicyclic) bond motifs is 5. The Kier molecular flexibility index (Phi) is 12.0. The summed E-state index contributed by atoms with van der Waals surface area (Å²) in [5, 5.41) is 40.3. The second-order valence-corrected chi connectivity index (χ2v) is 17.8. The smallest absolute Gasteiger partial charge is 0.338 e. The van der Waals surface area contributed by atoms with Gasteiger partial charge in [-0.15, -0.1) is 0 Å². The van der Waals surface area contributed by atoms with Gasteiger partial charge in [0, 0.05) is 49.5 Å². The Labute approximate surface area is 359 Å². The van der Waals surface area contributed by atoms with Crippen LogP contribution >= 0.6 is 0 Å². The van der Waals surface area contributed by atoms with E-state index in [1.807, 2.05) is 0 Å². The van der Waals surface area contributed by atoms with Crippen LogP contribution in [0, 0.1) is 28.6 Å². The summed E-state index contributed by atoms with van der Waals surface area (Å²) in [5.74, 6) is -8.77. The molecule has 1 saturated heterocycles. The molecule has 4 N–H and O–H groups in total. The van der Waals surface area contributed by atoms with Crippen LogP contribution in [0.25, 0.3) is 0 Å². The lowest BCUT2D eigenvalue weighted by Crippen LogP contribution is -2.83. The number of carbonyl (C=O) groups excluding carboxylic acids is 6. The molecule has 330 valence electrons. The van der Waals surface area contributed by atoms with E-state index in [-0.39, 0.29) is 24.2 Å². The Bertz CT molecular complexity index is 2200. The molecule has 3 unspecified atom stereocenters. The third-order valence-corrected chi connectivity index (χ3v) is 14.0. The van der Waals surface area contributed by atoms with E-state index in [2.05, 4.69) is 5.32 Å². The Balaban J connectivity index is 1.36. The first-order chi connectivity index (χ1) is 29.3. The number of aliphatic hydroxyl groups excluding tert-OH is 2. The zero-order valence-corrected chi connectivity index (χ0v) is 35.4. The van der Waals surface area contributed by atoms with E-state index in [0.29, 0.717) is 5.56 Å². The quantitative estimate of drug-likeness (QED) is 0.169. The van der Waals surface area contributed by atoms with Crippen LogP contribution in [0.5, 0.6) is 0 Å². The molecule has 4 aliphatic rings. The number of Topliss-reactive ketones (excluding diaryl/α,β-unsaturated/α-hetero) is 1.